The molecule has 0 aliphatic carbocycles. The fourth-order valence-electron chi connectivity index (χ4n) is 1.53. The van der Waals surface area contributed by atoms with Crippen molar-refractivity contribution in [2.24, 2.45) is 5.73 Å². The van der Waals surface area contributed by atoms with Crippen LogP contribution in [0, 0.1) is 0 Å². The molecule has 17 heavy (non-hydrogen) atoms. The van der Waals surface area contributed by atoms with E-state index in [1.165, 1.54) is 0 Å². The second-order valence-corrected chi connectivity index (χ2v) is 4.27. The van der Waals surface area contributed by atoms with Gasteiger partial charge >= 0.3 is 0 Å². The Morgan fingerprint density at radius 3 is 2.65 bits per heavy atom. The van der Waals surface area contributed by atoms with Gasteiger partial charge in [-0.1, -0.05) is 12.1 Å². The van der Waals surface area contributed by atoms with Crippen molar-refractivity contribution in [2.45, 2.75) is 26.0 Å². The van der Waals surface area contributed by atoms with Crippen LogP contribution >= 0.6 is 0 Å². The van der Waals surface area contributed by atoms with Crippen molar-refractivity contribution < 1.29 is 4.74 Å². The van der Waals surface area contributed by atoms with Gasteiger partial charge in [0.15, 0.2) is 0 Å². The predicted octanol–water partition coefficient (Wildman–Crippen LogP) is 2.05. The Morgan fingerprint density at radius 1 is 1.24 bits per heavy atom. The van der Waals surface area contributed by atoms with Crippen molar-refractivity contribution >= 4 is 11.0 Å². The number of nitrogens with zero attached hydrogens (tertiary/aromatic N) is 2. The summed E-state index contributed by atoms with van der Waals surface area (Å²) < 4.78 is 5.48. The summed E-state index contributed by atoms with van der Waals surface area (Å²) in [5, 5.41) is 0. The van der Waals surface area contributed by atoms with Crippen molar-refractivity contribution in [3.05, 3.63) is 36.2 Å². The maximum absolute atomic E-state index is 6.01. The highest BCUT2D eigenvalue weighted by molar-refractivity contribution is 5.73. The molecule has 0 bridgehead atoms. The lowest BCUT2D eigenvalue weighted by Gasteiger charge is -2.13. The topological polar surface area (TPSA) is 61.0 Å². The van der Waals surface area contributed by atoms with Gasteiger partial charge in [-0.3, -0.25) is 4.98 Å². The molecule has 90 valence electrons. The zero-order chi connectivity index (χ0) is 12.3. The molecule has 2 N–H and O–H groups in total. The van der Waals surface area contributed by atoms with Crippen molar-refractivity contribution in [2.75, 3.05) is 6.61 Å². The number of fused-ring (bicyclic) bond motifs is 1. The van der Waals surface area contributed by atoms with Gasteiger partial charge in [0.2, 0.25) is 0 Å². The number of nitrogens with two attached hydrogens (primary N) is 1. The van der Waals surface area contributed by atoms with Gasteiger partial charge in [-0.2, -0.15) is 0 Å². The fourth-order valence-corrected chi connectivity index (χ4v) is 1.53. The summed E-state index contributed by atoms with van der Waals surface area (Å²) in [6, 6.07) is 7.52. The molecule has 1 aromatic carbocycles. The third kappa shape index (κ3) is 2.99. The number of hydrogen-bond donors (Lipinski definition) is 1. The summed E-state index contributed by atoms with van der Waals surface area (Å²) in [7, 11) is 0. The third-order valence-electron chi connectivity index (χ3n) is 2.46. The lowest BCUT2D eigenvalue weighted by atomic mass is 10.2. The summed E-state index contributed by atoms with van der Waals surface area (Å²) >= 11 is 0. The molecule has 0 fully saturated rings. The van der Waals surface area contributed by atoms with Crippen molar-refractivity contribution in [1.82, 2.24) is 9.97 Å². The molecule has 0 spiro atoms. The van der Waals surface area contributed by atoms with Crippen molar-refractivity contribution in [3.63, 3.8) is 0 Å². The van der Waals surface area contributed by atoms with Crippen molar-refractivity contribution in [3.8, 4) is 0 Å². The smallest absolute Gasteiger partial charge is 0.0890 e. The van der Waals surface area contributed by atoms with E-state index in [1.807, 2.05) is 38.1 Å². The van der Waals surface area contributed by atoms with Gasteiger partial charge in [0.25, 0.3) is 0 Å². The molecule has 0 aliphatic heterocycles. The number of benzene rings is 1. The SMILES string of the molecule is CC(C)OCC(N)c1cnc2ccccc2n1. The molecule has 2 aromatic rings. The minimum Gasteiger partial charge on any atom is -0.377 e. The molecule has 0 amide bonds. The number of rotatable bonds is 4. The molecule has 0 saturated heterocycles. The van der Waals surface area contributed by atoms with Crippen LogP contribution in [-0.2, 0) is 4.74 Å². The largest absolute Gasteiger partial charge is 0.377 e. The second-order valence-electron chi connectivity index (χ2n) is 4.27. The number of para-hydroxylation sites is 2. The quantitative estimate of drug-likeness (QED) is 0.874. The van der Waals surface area contributed by atoms with Gasteiger partial charge < -0.3 is 10.5 Å². The lowest BCUT2D eigenvalue weighted by molar-refractivity contribution is 0.0676. The molecule has 4 nitrogen and oxygen atoms in total. The van der Waals surface area contributed by atoms with Crippen LogP contribution in [0.5, 0.6) is 0 Å². The van der Waals surface area contributed by atoms with Crippen LogP contribution in [0.3, 0.4) is 0 Å². The van der Waals surface area contributed by atoms with Crippen LogP contribution in [0.25, 0.3) is 11.0 Å². The highest BCUT2D eigenvalue weighted by Crippen LogP contribution is 2.13. The van der Waals surface area contributed by atoms with Crippen LogP contribution in [0.15, 0.2) is 30.5 Å². The molecule has 0 radical (unpaired) electrons. The van der Waals surface area contributed by atoms with E-state index in [9.17, 15) is 0 Å². The van der Waals surface area contributed by atoms with E-state index in [1.54, 1.807) is 6.20 Å². The van der Waals surface area contributed by atoms with E-state index >= 15 is 0 Å². The molecule has 2 rings (SSSR count). The lowest BCUT2D eigenvalue weighted by Crippen LogP contribution is -2.20. The zero-order valence-electron chi connectivity index (χ0n) is 10.1. The normalized spacial score (nSPS) is 13.2. The van der Waals surface area contributed by atoms with Gasteiger partial charge in [-0.15, -0.1) is 0 Å². The van der Waals surface area contributed by atoms with Crippen LogP contribution in [0.1, 0.15) is 25.6 Å². The van der Waals surface area contributed by atoms with Crippen molar-refractivity contribution in [1.29, 1.82) is 0 Å². The Morgan fingerprint density at radius 2 is 1.94 bits per heavy atom. The standard InChI is InChI=1S/C13H17N3O/c1-9(2)17-8-10(14)13-7-15-11-5-3-4-6-12(11)16-13/h3-7,9-10H,8,14H2,1-2H3. The Bertz CT molecular complexity index is 499. The van der Waals surface area contributed by atoms with E-state index < -0.39 is 0 Å². The first-order chi connectivity index (χ1) is 8.16. The molecule has 4 heteroatoms. The molecule has 0 aliphatic rings. The first-order valence-electron chi connectivity index (χ1n) is 5.75. The van der Waals surface area contributed by atoms with E-state index in [0.29, 0.717) is 6.61 Å². The Kier molecular flexibility index (Phi) is 3.66. The number of ether oxygens (including phenoxy) is 1. The molecular weight excluding hydrogens is 214 g/mol. The monoisotopic (exact) mass is 231 g/mol. The van der Waals surface area contributed by atoms with Gasteiger partial charge in [0, 0.05) is 0 Å². The van der Waals surface area contributed by atoms with Crippen LogP contribution < -0.4 is 5.73 Å². The summed E-state index contributed by atoms with van der Waals surface area (Å²) in [5.74, 6) is 0. The van der Waals surface area contributed by atoms with Gasteiger partial charge in [-0.05, 0) is 26.0 Å². The third-order valence-corrected chi connectivity index (χ3v) is 2.46. The first-order valence-corrected chi connectivity index (χ1v) is 5.75. The predicted molar refractivity (Wildman–Crippen MR) is 67.6 cm³/mol. The maximum Gasteiger partial charge on any atom is 0.0890 e. The molecule has 1 atom stereocenters. The maximum atomic E-state index is 6.01. The molecule has 1 aromatic heterocycles. The first kappa shape index (κ1) is 12.0. The van der Waals surface area contributed by atoms with E-state index in [-0.39, 0.29) is 12.1 Å². The van der Waals surface area contributed by atoms with Gasteiger partial charge in [0.05, 0.1) is 41.7 Å². The minimum absolute atomic E-state index is 0.175. The fraction of sp³-hybridized carbons (Fsp3) is 0.385. The average Bonchev–Trinajstić information content (AvgIpc) is 2.35. The minimum atomic E-state index is -0.227. The van der Waals surface area contributed by atoms with Crippen LogP contribution in [0.2, 0.25) is 0 Å². The summed E-state index contributed by atoms with van der Waals surface area (Å²) in [5.41, 5.74) is 8.52. The van der Waals surface area contributed by atoms with E-state index in [2.05, 4.69) is 9.97 Å². The Hall–Kier alpha value is -1.52. The van der Waals surface area contributed by atoms with Crippen LogP contribution in [0.4, 0.5) is 0 Å². The Balaban J connectivity index is 2.18. The summed E-state index contributed by atoms with van der Waals surface area (Å²) in [6.07, 6.45) is 1.89. The molecular formula is C13H17N3O. The Labute approximate surface area is 101 Å². The zero-order valence-corrected chi connectivity index (χ0v) is 10.1. The molecule has 1 unspecified atom stereocenters. The second kappa shape index (κ2) is 5.21. The highest BCUT2D eigenvalue weighted by Gasteiger charge is 2.10. The van der Waals surface area contributed by atoms with E-state index in [4.69, 9.17) is 10.5 Å². The summed E-state index contributed by atoms with van der Waals surface area (Å²) in [6.45, 7) is 4.43. The number of aromatic nitrogens is 2. The highest BCUT2D eigenvalue weighted by atomic mass is 16.5. The van der Waals surface area contributed by atoms with Gasteiger partial charge in [0.1, 0.15) is 0 Å². The molecule has 0 saturated carbocycles. The summed E-state index contributed by atoms with van der Waals surface area (Å²) in [4.78, 5) is 8.82. The van der Waals surface area contributed by atoms with Crippen LogP contribution in [-0.4, -0.2) is 22.7 Å². The number of hydrogen-bond acceptors (Lipinski definition) is 4. The average molecular weight is 231 g/mol. The van der Waals surface area contributed by atoms with Gasteiger partial charge in [-0.25, -0.2) is 4.98 Å². The molecule has 1 heterocycles. The van der Waals surface area contributed by atoms with E-state index in [0.717, 1.165) is 16.7 Å².